The van der Waals surface area contributed by atoms with Crippen LogP contribution in [0.4, 0.5) is 0 Å². The van der Waals surface area contributed by atoms with Gasteiger partial charge in [-0.2, -0.15) is 0 Å². The van der Waals surface area contributed by atoms with Gasteiger partial charge in [0.1, 0.15) is 5.76 Å². The van der Waals surface area contributed by atoms with Gasteiger partial charge in [-0.3, -0.25) is 9.59 Å². The highest BCUT2D eigenvalue weighted by Crippen LogP contribution is 2.35. The van der Waals surface area contributed by atoms with Crippen LogP contribution in [0.3, 0.4) is 0 Å². The van der Waals surface area contributed by atoms with E-state index in [-0.39, 0.29) is 51.0 Å². The Morgan fingerprint density at radius 1 is 0.970 bits per heavy atom. The number of carbonyl (C=O) groups is 2. The monoisotopic (exact) mass is 485 g/mol. The van der Waals surface area contributed by atoms with E-state index in [0.717, 1.165) is 0 Å². The standard InChI is InChI=1S/C23H19NO7S2/c25-22-18-5-1-2-6-20(18)33(29,30)21-12-15(7-8-19(21)22)23(26)24(13-17-4-3-10-31-17)16-9-11-32(27,28)14-16/h1-8,10,12,16H,9,11,13-14H2/t16-/m1/s1. The van der Waals surface area contributed by atoms with E-state index in [9.17, 15) is 26.4 Å². The van der Waals surface area contributed by atoms with Gasteiger partial charge in [0.25, 0.3) is 5.91 Å². The number of sulfone groups is 2. The van der Waals surface area contributed by atoms with E-state index in [1.54, 1.807) is 18.2 Å². The molecule has 5 rings (SSSR count). The molecule has 1 atom stereocenters. The van der Waals surface area contributed by atoms with Crippen LogP contribution < -0.4 is 0 Å². The second kappa shape index (κ2) is 7.67. The highest BCUT2D eigenvalue weighted by Gasteiger charge is 2.38. The van der Waals surface area contributed by atoms with Crippen LogP contribution in [0, 0.1) is 0 Å². The fourth-order valence-electron chi connectivity index (χ4n) is 4.34. The maximum Gasteiger partial charge on any atom is 0.254 e. The van der Waals surface area contributed by atoms with Crippen molar-refractivity contribution in [1.82, 2.24) is 4.90 Å². The number of fused-ring (bicyclic) bond motifs is 2. The minimum absolute atomic E-state index is 0.00581. The van der Waals surface area contributed by atoms with Crippen molar-refractivity contribution in [2.24, 2.45) is 0 Å². The maximum atomic E-state index is 13.5. The van der Waals surface area contributed by atoms with Crippen molar-refractivity contribution in [1.29, 1.82) is 0 Å². The number of amides is 1. The summed E-state index contributed by atoms with van der Waals surface area (Å²) < 4.78 is 55.9. The predicted molar refractivity (Wildman–Crippen MR) is 117 cm³/mol. The number of benzene rings is 2. The molecular weight excluding hydrogens is 466 g/mol. The highest BCUT2D eigenvalue weighted by molar-refractivity contribution is 7.92. The Labute approximate surface area is 190 Å². The molecule has 0 spiro atoms. The Hall–Kier alpha value is -3.24. The van der Waals surface area contributed by atoms with E-state index >= 15 is 0 Å². The first-order valence-corrected chi connectivity index (χ1v) is 13.5. The molecule has 170 valence electrons. The topological polar surface area (TPSA) is 119 Å². The van der Waals surface area contributed by atoms with Crippen molar-refractivity contribution in [3.63, 3.8) is 0 Å². The molecule has 0 unspecified atom stereocenters. The number of rotatable bonds is 4. The van der Waals surface area contributed by atoms with E-state index in [2.05, 4.69) is 0 Å². The summed E-state index contributed by atoms with van der Waals surface area (Å²) in [7, 11) is -7.28. The Morgan fingerprint density at radius 2 is 1.73 bits per heavy atom. The Morgan fingerprint density at radius 3 is 2.42 bits per heavy atom. The molecular formula is C23H19NO7S2. The van der Waals surface area contributed by atoms with Crippen molar-refractivity contribution in [3.05, 3.63) is 83.3 Å². The Bertz CT molecular complexity index is 1490. The van der Waals surface area contributed by atoms with Gasteiger partial charge in [0.05, 0.1) is 34.1 Å². The van der Waals surface area contributed by atoms with Gasteiger partial charge in [-0.25, -0.2) is 16.8 Å². The third-order valence-corrected chi connectivity index (χ3v) is 9.60. The minimum Gasteiger partial charge on any atom is -0.467 e. The summed E-state index contributed by atoms with van der Waals surface area (Å²) in [4.78, 5) is 27.4. The van der Waals surface area contributed by atoms with Crippen LogP contribution >= 0.6 is 0 Å². The fraction of sp³-hybridized carbons (Fsp3) is 0.217. The van der Waals surface area contributed by atoms with Gasteiger partial charge in [-0.15, -0.1) is 0 Å². The average molecular weight is 486 g/mol. The van der Waals surface area contributed by atoms with Gasteiger partial charge < -0.3 is 9.32 Å². The summed E-state index contributed by atoms with van der Waals surface area (Å²) in [5.41, 5.74) is 0.159. The second-order valence-corrected chi connectivity index (χ2v) is 12.2. The van der Waals surface area contributed by atoms with E-state index in [1.165, 1.54) is 47.6 Å². The molecule has 3 aromatic rings. The zero-order valence-electron chi connectivity index (χ0n) is 17.3. The molecule has 1 fully saturated rings. The molecule has 33 heavy (non-hydrogen) atoms. The Balaban J connectivity index is 1.56. The van der Waals surface area contributed by atoms with Crippen molar-refractivity contribution in [2.75, 3.05) is 11.5 Å². The lowest BCUT2D eigenvalue weighted by atomic mass is 10.0. The molecule has 1 saturated heterocycles. The molecule has 1 aromatic heterocycles. The number of carbonyl (C=O) groups excluding carboxylic acids is 2. The van der Waals surface area contributed by atoms with Gasteiger partial charge in [0.2, 0.25) is 9.84 Å². The summed E-state index contributed by atoms with van der Waals surface area (Å²) in [6.45, 7) is 0.0393. The van der Waals surface area contributed by atoms with E-state index in [1.807, 2.05) is 0 Å². The van der Waals surface area contributed by atoms with Crippen LogP contribution in [0.5, 0.6) is 0 Å². The zero-order chi connectivity index (χ0) is 23.4. The molecule has 0 radical (unpaired) electrons. The summed E-state index contributed by atoms with van der Waals surface area (Å²) in [5, 5.41) is 0. The molecule has 2 aromatic carbocycles. The first-order chi connectivity index (χ1) is 15.7. The van der Waals surface area contributed by atoms with Crippen molar-refractivity contribution in [2.45, 2.75) is 28.8 Å². The third kappa shape index (κ3) is 3.68. The van der Waals surface area contributed by atoms with Crippen LogP contribution in [-0.2, 0) is 26.2 Å². The minimum atomic E-state index is -4.01. The van der Waals surface area contributed by atoms with Crippen molar-refractivity contribution < 1.29 is 30.8 Å². The van der Waals surface area contributed by atoms with Crippen LogP contribution in [0.15, 0.2) is 75.1 Å². The third-order valence-electron chi connectivity index (χ3n) is 6.00. The molecule has 1 amide bonds. The molecule has 2 aliphatic rings. The molecule has 8 nitrogen and oxygen atoms in total. The second-order valence-electron chi connectivity index (χ2n) is 8.11. The van der Waals surface area contributed by atoms with Gasteiger partial charge in [0.15, 0.2) is 15.6 Å². The average Bonchev–Trinajstić information content (AvgIpc) is 3.44. The molecule has 10 heteroatoms. The normalized spacial score (nSPS) is 20.1. The molecule has 0 aliphatic carbocycles. The van der Waals surface area contributed by atoms with Crippen LogP contribution in [0.25, 0.3) is 0 Å². The molecule has 3 heterocycles. The lowest BCUT2D eigenvalue weighted by molar-refractivity contribution is 0.0665. The number of hydrogen-bond acceptors (Lipinski definition) is 7. The number of furan rings is 1. The number of ketones is 1. The van der Waals surface area contributed by atoms with E-state index in [4.69, 9.17) is 4.42 Å². The number of nitrogens with zero attached hydrogens (tertiary/aromatic N) is 1. The van der Waals surface area contributed by atoms with Gasteiger partial charge in [-0.05, 0) is 48.9 Å². The first kappa shape index (κ1) is 21.6. The lowest BCUT2D eigenvalue weighted by Crippen LogP contribution is -2.40. The van der Waals surface area contributed by atoms with Gasteiger partial charge in [0, 0.05) is 22.7 Å². The zero-order valence-corrected chi connectivity index (χ0v) is 18.9. The summed E-state index contributed by atoms with van der Waals surface area (Å²) in [6, 6.07) is 12.7. The van der Waals surface area contributed by atoms with E-state index < -0.39 is 37.4 Å². The summed E-state index contributed by atoms with van der Waals surface area (Å²) >= 11 is 0. The largest absolute Gasteiger partial charge is 0.467 e. The lowest BCUT2D eigenvalue weighted by Gasteiger charge is -2.28. The predicted octanol–water partition coefficient (Wildman–Crippen LogP) is 2.49. The molecule has 0 bridgehead atoms. The highest BCUT2D eigenvalue weighted by atomic mass is 32.2. The molecule has 0 N–H and O–H groups in total. The van der Waals surface area contributed by atoms with Crippen LogP contribution in [-0.4, -0.2) is 51.0 Å². The fourth-order valence-corrected chi connectivity index (χ4v) is 7.75. The quantitative estimate of drug-likeness (QED) is 0.436. The summed E-state index contributed by atoms with van der Waals surface area (Å²) in [6.07, 6.45) is 1.74. The van der Waals surface area contributed by atoms with Gasteiger partial charge in [-0.1, -0.05) is 12.1 Å². The Kier molecular flexibility index (Phi) is 5.02. The van der Waals surface area contributed by atoms with Gasteiger partial charge >= 0.3 is 0 Å². The van der Waals surface area contributed by atoms with Crippen LogP contribution in [0.2, 0.25) is 0 Å². The van der Waals surface area contributed by atoms with Crippen LogP contribution in [0.1, 0.15) is 38.5 Å². The number of hydrogen-bond donors (Lipinski definition) is 0. The van der Waals surface area contributed by atoms with Crippen molar-refractivity contribution >= 4 is 31.4 Å². The smallest absolute Gasteiger partial charge is 0.254 e. The SMILES string of the molecule is O=C1c2ccccc2S(=O)(=O)c2cc(C(=O)N(Cc3ccco3)[C@@H]3CCS(=O)(=O)C3)ccc21. The van der Waals surface area contributed by atoms with Crippen molar-refractivity contribution in [3.8, 4) is 0 Å². The van der Waals surface area contributed by atoms with E-state index in [0.29, 0.717) is 5.76 Å². The molecule has 0 saturated carbocycles. The first-order valence-electron chi connectivity index (χ1n) is 10.2. The molecule has 2 aliphatic heterocycles. The maximum absolute atomic E-state index is 13.5. The summed E-state index contributed by atoms with van der Waals surface area (Å²) in [5.74, 6) is -0.679.